The van der Waals surface area contributed by atoms with E-state index < -0.39 is 10.8 Å². The third-order valence-electron chi connectivity index (χ3n) is 3.61. The van der Waals surface area contributed by atoms with Crippen molar-refractivity contribution in [3.63, 3.8) is 0 Å². The molecule has 2 unspecified atom stereocenters. The van der Waals surface area contributed by atoms with Gasteiger partial charge in [-0.2, -0.15) is 0 Å². The standard InChI is InChI=1S/C19H32FN3O2S/c1-6-16(25-17-10-8-9-15(20)13-17)14-23-18(21-7-2)22-11-12-26(24)19(3,4)5/h8-10,13,16H,6-7,11-12,14H2,1-5H3,(H2,21,22,23). The van der Waals surface area contributed by atoms with Gasteiger partial charge in [0, 0.05) is 40.5 Å². The van der Waals surface area contributed by atoms with Gasteiger partial charge in [0.2, 0.25) is 0 Å². The number of rotatable bonds is 9. The van der Waals surface area contributed by atoms with Crippen LogP contribution in [0.1, 0.15) is 41.0 Å². The Morgan fingerprint density at radius 1 is 1.31 bits per heavy atom. The third kappa shape index (κ3) is 8.65. The zero-order chi connectivity index (χ0) is 19.6. The molecule has 2 atom stereocenters. The first-order chi connectivity index (χ1) is 12.3. The van der Waals surface area contributed by atoms with Gasteiger partial charge >= 0.3 is 0 Å². The van der Waals surface area contributed by atoms with E-state index in [4.69, 9.17) is 4.74 Å². The summed E-state index contributed by atoms with van der Waals surface area (Å²) in [5, 5.41) is 6.38. The molecule has 0 fully saturated rings. The van der Waals surface area contributed by atoms with Crippen molar-refractivity contribution in [2.75, 3.05) is 25.4 Å². The normalized spacial score (nSPS) is 14.6. The van der Waals surface area contributed by atoms with Crippen molar-refractivity contribution >= 4 is 16.8 Å². The van der Waals surface area contributed by atoms with E-state index in [0.29, 0.717) is 30.6 Å². The summed E-state index contributed by atoms with van der Waals surface area (Å²) in [6.07, 6.45) is 0.615. The van der Waals surface area contributed by atoms with Gasteiger partial charge in [-0.05, 0) is 46.2 Å². The topological polar surface area (TPSA) is 62.7 Å². The second-order valence-electron chi connectivity index (χ2n) is 6.91. The highest BCUT2D eigenvalue weighted by molar-refractivity contribution is 7.86. The molecule has 0 aliphatic rings. The Kier molecular flexibility index (Phi) is 9.62. The van der Waals surface area contributed by atoms with E-state index in [9.17, 15) is 8.60 Å². The molecule has 1 rings (SSSR count). The number of nitrogens with one attached hydrogen (secondary N) is 2. The Bertz CT molecular complexity index is 603. The number of ether oxygens (including phenoxy) is 1. The summed E-state index contributed by atoms with van der Waals surface area (Å²) >= 11 is 0. The van der Waals surface area contributed by atoms with E-state index in [2.05, 4.69) is 15.6 Å². The summed E-state index contributed by atoms with van der Waals surface area (Å²) in [5.74, 6) is 1.42. The molecule has 148 valence electrons. The highest BCUT2D eigenvalue weighted by Crippen LogP contribution is 2.15. The highest BCUT2D eigenvalue weighted by atomic mass is 32.2. The molecule has 0 saturated heterocycles. The quantitative estimate of drug-likeness (QED) is 0.507. The molecule has 0 heterocycles. The zero-order valence-corrected chi connectivity index (χ0v) is 17.3. The summed E-state index contributed by atoms with van der Waals surface area (Å²) in [4.78, 5) is 4.54. The lowest BCUT2D eigenvalue weighted by Crippen LogP contribution is -2.41. The Balaban J connectivity index is 2.58. The Morgan fingerprint density at radius 2 is 2.04 bits per heavy atom. The first kappa shape index (κ1) is 22.4. The maximum atomic E-state index is 13.3. The second-order valence-corrected chi connectivity index (χ2v) is 9.24. The molecule has 0 spiro atoms. The van der Waals surface area contributed by atoms with Gasteiger partial charge in [0.25, 0.3) is 0 Å². The summed E-state index contributed by atoms with van der Waals surface area (Å²) in [5.41, 5.74) is 0. The van der Waals surface area contributed by atoms with Gasteiger partial charge in [0.15, 0.2) is 5.96 Å². The molecule has 0 aliphatic carbocycles. The maximum absolute atomic E-state index is 13.3. The highest BCUT2D eigenvalue weighted by Gasteiger charge is 2.18. The van der Waals surface area contributed by atoms with Gasteiger partial charge in [-0.1, -0.05) is 13.0 Å². The van der Waals surface area contributed by atoms with Crippen LogP contribution in [-0.4, -0.2) is 46.4 Å². The van der Waals surface area contributed by atoms with Crippen molar-refractivity contribution in [3.8, 4) is 5.75 Å². The number of hydrogen-bond acceptors (Lipinski definition) is 3. The van der Waals surface area contributed by atoms with Gasteiger partial charge in [0.1, 0.15) is 17.7 Å². The average molecular weight is 386 g/mol. The SMILES string of the molecule is CCNC(=NCC(CC)Oc1cccc(F)c1)NCCS(=O)C(C)(C)C. The molecule has 5 nitrogen and oxygen atoms in total. The smallest absolute Gasteiger partial charge is 0.191 e. The minimum atomic E-state index is -0.906. The van der Waals surface area contributed by atoms with Crippen molar-refractivity contribution in [3.05, 3.63) is 30.1 Å². The van der Waals surface area contributed by atoms with Crippen LogP contribution in [0, 0.1) is 5.82 Å². The van der Waals surface area contributed by atoms with Gasteiger partial charge in [-0.25, -0.2) is 9.38 Å². The predicted molar refractivity (Wildman–Crippen MR) is 108 cm³/mol. The van der Waals surface area contributed by atoms with Crippen LogP contribution in [0.15, 0.2) is 29.3 Å². The van der Waals surface area contributed by atoms with Gasteiger partial charge in [0.05, 0.1) is 6.54 Å². The molecule has 0 saturated carbocycles. The lowest BCUT2D eigenvalue weighted by Gasteiger charge is -2.19. The van der Waals surface area contributed by atoms with Crippen LogP contribution in [0.25, 0.3) is 0 Å². The van der Waals surface area contributed by atoms with Crippen molar-refractivity contribution in [2.24, 2.45) is 4.99 Å². The molecule has 1 aromatic rings. The number of benzene rings is 1. The largest absolute Gasteiger partial charge is 0.488 e. The van der Waals surface area contributed by atoms with Crippen molar-refractivity contribution in [1.29, 1.82) is 0 Å². The minimum absolute atomic E-state index is 0.143. The first-order valence-corrected chi connectivity index (χ1v) is 10.4. The number of hydrogen-bond donors (Lipinski definition) is 2. The van der Waals surface area contributed by atoms with Gasteiger partial charge in [-0.3, -0.25) is 4.21 Å². The molecule has 0 bridgehead atoms. The average Bonchev–Trinajstić information content (AvgIpc) is 2.57. The summed E-state index contributed by atoms with van der Waals surface area (Å²) in [6, 6.07) is 6.13. The number of nitrogens with zero attached hydrogens (tertiary/aromatic N) is 1. The molecule has 0 aromatic heterocycles. The van der Waals surface area contributed by atoms with Crippen LogP contribution in [0.4, 0.5) is 4.39 Å². The van der Waals surface area contributed by atoms with Crippen LogP contribution in [-0.2, 0) is 10.8 Å². The van der Waals surface area contributed by atoms with E-state index in [1.165, 1.54) is 12.1 Å². The molecule has 0 amide bonds. The Labute approximate surface area is 159 Å². The lowest BCUT2D eigenvalue weighted by molar-refractivity contribution is 0.205. The number of halogens is 1. The van der Waals surface area contributed by atoms with Crippen LogP contribution in [0.3, 0.4) is 0 Å². The molecule has 26 heavy (non-hydrogen) atoms. The van der Waals surface area contributed by atoms with Gasteiger partial charge < -0.3 is 15.4 Å². The molecule has 1 aromatic carbocycles. The molecule has 0 radical (unpaired) electrons. The predicted octanol–water partition coefficient (Wildman–Crippen LogP) is 3.09. The summed E-state index contributed by atoms with van der Waals surface area (Å²) in [6.45, 7) is 11.7. The summed E-state index contributed by atoms with van der Waals surface area (Å²) < 4.78 is 31.0. The van der Waals surface area contributed by atoms with E-state index in [-0.39, 0.29) is 16.7 Å². The van der Waals surface area contributed by atoms with E-state index in [1.54, 1.807) is 12.1 Å². The van der Waals surface area contributed by atoms with E-state index in [1.807, 2.05) is 34.6 Å². The van der Waals surface area contributed by atoms with Crippen molar-refractivity contribution in [2.45, 2.75) is 51.9 Å². The van der Waals surface area contributed by atoms with Gasteiger partial charge in [-0.15, -0.1) is 0 Å². The zero-order valence-electron chi connectivity index (χ0n) is 16.5. The van der Waals surface area contributed by atoms with Crippen molar-refractivity contribution in [1.82, 2.24) is 10.6 Å². The molecular formula is C19H32FN3O2S. The van der Waals surface area contributed by atoms with Crippen molar-refractivity contribution < 1.29 is 13.3 Å². The van der Waals surface area contributed by atoms with E-state index in [0.717, 1.165) is 13.0 Å². The number of guanidine groups is 1. The summed E-state index contributed by atoms with van der Waals surface area (Å²) in [7, 11) is -0.906. The third-order valence-corrected chi connectivity index (χ3v) is 5.56. The van der Waals surface area contributed by atoms with Crippen LogP contribution in [0.5, 0.6) is 5.75 Å². The number of aliphatic imine (C=N–C) groups is 1. The van der Waals surface area contributed by atoms with E-state index >= 15 is 0 Å². The fourth-order valence-corrected chi connectivity index (χ4v) is 2.99. The lowest BCUT2D eigenvalue weighted by atomic mass is 10.2. The Morgan fingerprint density at radius 3 is 2.62 bits per heavy atom. The van der Waals surface area contributed by atoms with Crippen LogP contribution >= 0.6 is 0 Å². The second kappa shape index (κ2) is 11.2. The molecule has 7 heteroatoms. The van der Waals surface area contributed by atoms with Crippen LogP contribution in [0.2, 0.25) is 0 Å². The van der Waals surface area contributed by atoms with Crippen LogP contribution < -0.4 is 15.4 Å². The molecular weight excluding hydrogens is 353 g/mol. The Hall–Kier alpha value is -1.63. The fourth-order valence-electron chi connectivity index (χ4n) is 2.09. The maximum Gasteiger partial charge on any atom is 0.191 e. The minimum Gasteiger partial charge on any atom is -0.488 e. The molecule has 0 aliphatic heterocycles. The first-order valence-electron chi connectivity index (χ1n) is 9.09. The fraction of sp³-hybridized carbons (Fsp3) is 0.632. The monoisotopic (exact) mass is 385 g/mol. The molecule has 2 N–H and O–H groups in total.